The molecule has 1 unspecified atom stereocenters. The van der Waals surface area contributed by atoms with Gasteiger partial charge < -0.3 is 9.47 Å². The van der Waals surface area contributed by atoms with E-state index in [0.29, 0.717) is 0 Å². The van der Waals surface area contributed by atoms with Crippen LogP contribution in [0.15, 0.2) is 164 Å². The third-order valence-corrected chi connectivity index (χ3v) is 12.3. The van der Waals surface area contributed by atoms with Gasteiger partial charge in [0.25, 0.3) is 0 Å². The maximum atomic E-state index is 2.62. The molecule has 0 saturated carbocycles. The summed E-state index contributed by atoms with van der Waals surface area (Å²) in [4.78, 5) is 2.62. The number of anilines is 2. The number of nitrogens with zero attached hydrogens (tertiary/aromatic N) is 2. The number of allylic oxidation sites excluding steroid dienone is 2. The number of hydrogen-bond donors (Lipinski definition) is 0. The zero-order chi connectivity index (χ0) is 33.0. The van der Waals surface area contributed by atoms with Gasteiger partial charge in [-0.25, -0.2) is 0 Å². The van der Waals surface area contributed by atoms with E-state index < -0.39 is 0 Å². The van der Waals surface area contributed by atoms with E-state index in [0.717, 1.165) is 6.42 Å². The molecular weight excluding hydrogens is 625 g/mol. The van der Waals surface area contributed by atoms with Gasteiger partial charge in [-0.3, -0.25) is 0 Å². The molecule has 1 aliphatic carbocycles. The van der Waals surface area contributed by atoms with Crippen molar-refractivity contribution in [1.29, 1.82) is 0 Å². The van der Waals surface area contributed by atoms with Crippen LogP contribution in [0.2, 0.25) is 0 Å². The number of hydrogen-bond acceptors (Lipinski definition) is 2. The lowest BCUT2D eigenvalue weighted by molar-refractivity contribution is 0.608. The summed E-state index contributed by atoms with van der Waals surface area (Å²) in [5.41, 5.74) is 11.2. The van der Waals surface area contributed by atoms with E-state index in [2.05, 4.69) is 180 Å². The van der Waals surface area contributed by atoms with E-state index in [1.807, 2.05) is 11.3 Å². The van der Waals surface area contributed by atoms with E-state index in [9.17, 15) is 0 Å². The molecule has 11 rings (SSSR count). The lowest BCUT2D eigenvalue weighted by Crippen LogP contribution is -2.40. The average molecular weight is 657 g/mol. The van der Waals surface area contributed by atoms with Gasteiger partial charge in [0.2, 0.25) is 0 Å². The molecule has 9 aromatic rings. The van der Waals surface area contributed by atoms with Gasteiger partial charge in [-0.2, -0.15) is 0 Å². The molecule has 0 saturated heterocycles. The zero-order valence-electron chi connectivity index (χ0n) is 27.6. The van der Waals surface area contributed by atoms with Gasteiger partial charge in [-0.1, -0.05) is 97.1 Å². The minimum Gasteiger partial charge on any atom is -0.331 e. The smallest absolute Gasteiger partial charge is 0.0716 e. The second-order valence-electron chi connectivity index (χ2n) is 13.9. The topological polar surface area (TPSA) is 8.17 Å². The first kappa shape index (κ1) is 28.0. The fraction of sp³-hybridized carbons (Fsp3) is 0.0638. The number of para-hydroxylation sites is 2. The number of rotatable bonds is 3. The van der Waals surface area contributed by atoms with Gasteiger partial charge in [-0.05, 0) is 108 Å². The van der Waals surface area contributed by atoms with Crippen LogP contribution in [0.3, 0.4) is 0 Å². The van der Waals surface area contributed by atoms with Gasteiger partial charge in [0.05, 0.1) is 22.3 Å². The largest absolute Gasteiger partial charge is 0.331 e. The summed E-state index contributed by atoms with van der Waals surface area (Å²) in [7, 11) is 0. The number of thiophene rings is 1. The van der Waals surface area contributed by atoms with Gasteiger partial charge >= 0.3 is 0 Å². The van der Waals surface area contributed by atoms with Gasteiger partial charge in [0, 0.05) is 47.9 Å². The van der Waals surface area contributed by atoms with Crippen molar-refractivity contribution in [2.45, 2.75) is 18.9 Å². The van der Waals surface area contributed by atoms with Crippen molar-refractivity contribution in [3.8, 4) is 5.69 Å². The zero-order valence-corrected chi connectivity index (χ0v) is 28.4. The van der Waals surface area contributed by atoms with Crippen molar-refractivity contribution in [2.24, 2.45) is 0 Å². The van der Waals surface area contributed by atoms with Crippen molar-refractivity contribution in [1.82, 2.24) is 4.57 Å². The van der Waals surface area contributed by atoms with Crippen LogP contribution in [-0.4, -0.2) is 10.1 Å². The Morgan fingerprint density at radius 1 is 0.560 bits per heavy atom. The van der Waals surface area contributed by atoms with E-state index >= 15 is 0 Å². The Labute approximate surface area is 294 Å². The summed E-state index contributed by atoms with van der Waals surface area (Å²) in [6.45, 7) is 2.43. The maximum Gasteiger partial charge on any atom is 0.0716 e. The first-order valence-electron chi connectivity index (χ1n) is 17.4. The lowest BCUT2D eigenvalue weighted by Gasteiger charge is -2.40. The molecule has 2 aromatic heterocycles. The van der Waals surface area contributed by atoms with Crippen LogP contribution < -0.4 is 4.90 Å². The van der Waals surface area contributed by atoms with Gasteiger partial charge in [0.1, 0.15) is 0 Å². The predicted octanol–water partition coefficient (Wildman–Crippen LogP) is 13.1. The fourth-order valence-electron chi connectivity index (χ4n) is 8.74. The highest BCUT2D eigenvalue weighted by molar-refractivity contribution is 7.25. The summed E-state index contributed by atoms with van der Waals surface area (Å²) in [5, 5.41) is 7.78. The third kappa shape index (κ3) is 3.90. The average Bonchev–Trinajstić information content (AvgIpc) is 3.78. The van der Waals surface area contributed by atoms with Crippen LogP contribution >= 0.6 is 11.3 Å². The molecule has 236 valence electrons. The molecule has 0 radical (unpaired) electrons. The van der Waals surface area contributed by atoms with Crippen LogP contribution in [0.4, 0.5) is 11.4 Å². The molecule has 3 heterocycles. The summed E-state index contributed by atoms with van der Waals surface area (Å²) < 4.78 is 5.08. The molecule has 0 spiro atoms. The van der Waals surface area contributed by atoms with Crippen molar-refractivity contribution in [3.63, 3.8) is 0 Å². The fourth-order valence-corrected chi connectivity index (χ4v) is 9.87. The maximum absolute atomic E-state index is 2.62. The lowest BCUT2D eigenvalue weighted by atomic mass is 9.79. The molecule has 0 amide bonds. The molecule has 0 N–H and O–H groups in total. The number of fused-ring (bicyclic) bond motifs is 10. The van der Waals surface area contributed by atoms with E-state index in [4.69, 9.17) is 0 Å². The van der Waals surface area contributed by atoms with Crippen LogP contribution in [-0.2, 0) is 0 Å². The Hall–Kier alpha value is -5.90. The SMILES string of the molecule is CC12CC=C(c3ccc4c(c3)c3ccccc3n4-c3ccccc3)C=C1c1cc3sc4ccccc4c3cc1N2c1ccc2ccccc2c1. The molecule has 2 nitrogen and oxygen atoms in total. The first-order chi connectivity index (χ1) is 24.6. The first-order valence-corrected chi connectivity index (χ1v) is 18.2. The van der Waals surface area contributed by atoms with Crippen LogP contribution in [0, 0.1) is 0 Å². The minimum absolute atomic E-state index is 0.221. The molecule has 50 heavy (non-hydrogen) atoms. The summed E-state index contributed by atoms with van der Waals surface area (Å²) in [6, 6.07) is 56.0. The number of benzene rings is 7. The quantitative estimate of drug-likeness (QED) is 0.184. The van der Waals surface area contributed by atoms with E-state index in [1.165, 1.54) is 92.1 Å². The Morgan fingerprint density at radius 2 is 1.32 bits per heavy atom. The Kier molecular flexibility index (Phi) is 5.77. The van der Waals surface area contributed by atoms with E-state index in [1.54, 1.807) is 0 Å². The molecule has 3 heteroatoms. The molecule has 0 bridgehead atoms. The van der Waals surface area contributed by atoms with Crippen molar-refractivity contribution in [3.05, 3.63) is 175 Å². The van der Waals surface area contributed by atoms with Crippen molar-refractivity contribution < 1.29 is 0 Å². The normalized spacial score (nSPS) is 17.1. The van der Waals surface area contributed by atoms with Gasteiger partial charge in [-0.15, -0.1) is 11.3 Å². The van der Waals surface area contributed by atoms with Crippen LogP contribution in [0.1, 0.15) is 24.5 Å². The molecule has 7 aromatic carbocycles. The Morgan fingerprint density at radius 3 is 2.22 bits per heavy atom. The standard InChI is InChI=1S/C47H32N2S/c1-47-24-23-33(32-20-22-43-38(26-32)36-15-7-9-17-42(36)48(43)34-13-3-2-4-14-34)27-41(47)40-29-46-39(37-16-8-10-18-45(37)50-46)28-44(40)49(47)35-21-19-30-11-5-6-12-31(30)25-35/h2-23,25-29H,24H2,1H3. The van der Waals surface area contributed by atoms with E-state index in [-0.39, 0.29) is 5.54 Å². The Bertz CT molecular complexity index is 2920. The molecule has 1 aliphatic heterocycles. The molecule has 2 aliphatic rings. The summed E-state index contributed by atoms with van der Waals surface area (Å²) in [5.74, 6) is 0. The predicted molar refractivity (Wildman–Crippen MR) is 215 cm³/mol. The summed E-state index contributed by atoms with van der Waals surface area (Å²) in [6.07, 6.45) is 5.87. The second-order valence-corrected chi connectivity index (χ2v) is 15.0. The number of aromatic nitrogens is 1. The van der Waals surface area contributed by atoms with Crippen LogP contribution in [0.5, 0.6) is 0 Å². The highest BCUT2D eigenvalue weighted by Crippen LogP contribution is 2.57. The third-order valence-electron chi connectivity index (χ3n) is 11.1. The molecule has 0 fully saturated rings. The van der Waals surface area contributed by atoms with Crippen LogP contribution in [0.25, 0.3) is 69.6 Å². The highest BCUT2D eigenvalue weighted by Gasteiger charge is 2.46. The summed E-state index contributed by atoms with van der Waals surface area (Å²) >= 11 is 1.90. The Balaban J connectivity index is 1.11. The molecule has 1 atom stereocenters. The van der Waals surface area contributed by atoms with Crippen molar-refractivity contribution >= 4 is 86.6 Å². The van der Waals surface area contributed by atoms with Crippen molar-refractivity contribution in [2.75, 3.05) is 4.90 Å². The minimum atomic E-state index is -0.221. The molecular formula is C47H32N2S. The highest BCUT2D eigenvalue weighted by atomic mass is 32.1. The van der Waals surface area contributed by atoms with Gasteiger partial charge in [0.15, 0.2) is 0 Å². The second kappa shape index (κ2) is 10.3. The monoisotopic (exact) mass is 656 g/mol.